The van der Waals surface area contributed by atoms with Crippen LogP contribution in [0.2, 0.25) is 5.15 Å². The molecule has 0 aromatic carbocycles. The standard InChI is InChI=1S/C11H14ClN3O/c1-7-5-8(6-14-10(7)12)15-11(16)9-3-2-4-13-9/h5-6,9,13H,2-4H2,1H3,(H,15,16). The van der Waals surface area contributed by atoms with Crippen LogP contribution in [0, 0.1) is 6.92 Å². The Morgan fingerprint density at radius 3 is 3.12 bits per heavy atom. The second-order valence-corrected chi connectivity index (χ2v) is 4.33. The molecule has 5 heteroatoms. The zero-order valence-corrected chi connectivity index (χ0v) is 9.84. The third-order valence-electron chi connectivity index (χ3n) is 2.66. The largest absolute Gasteiger partial charge is 0.323 e. The van der Waals surface area contributed by atoms with Gasteiger partial charge in [0.25, 0.3) is 0 Å². The van der Waals surface area contributed by atoms with Crippen LogP contribution < -0.4 is 10.6 Å². The van der Waals surface area contributed by atoms with Gasteiger partial charge >= 0.3 is 0 Å². The van der Waals surface area contributed by atoms with Crippen molar-refractivity contribution in [3.8, 4) is 0 Å². The van der Waals surface area contributed by atoms with Crippen molar-refractivity contribution >= 4 is 23.2 Å². The molecule has 4 nitrogen and oxygen atoms in total. The number of anilines is 1. The minimum Gasteiger partial charge on any atom is -0.323 e. The smallest absolute Gasteiger partial charge is 0.241 e. The molecule has 2 rings (SSSR count). The Morgan fingerprint density at radius 1 is 1.69 bits per heavy atom. The van der Waals surface area contributed by atoms with E-state index in [2.05, 4.69) is 15.6 Å². The Hall–Kier alpha value is -1.13. The second kappa shape index (κ2) is 4.80. The first kappa shape index (κ1) is 11.4. The number of hydrogen-bond donors (Lipinski definition) is 2. The number of rotatable bonds is 2. The highest BCUT2D eigenvalue weighted by Gasteiger charge is 2.21. The molecule has 0 bridgehead atoms. The van der Waals surface area contributed by atoms with E-state index in [-0.39, 0.29) is 11.9 Å². The zero-order valence-electron chi connectivity index (χ0n) is 9.09. The summed E-state index contributed by atoms with van der Waals surface area (Å²) in [7, 11) is 0. The van der Waals surface area contributed by atoms with Gasteiger partial charge in [-0.3, -0.25) is 4.79 Å². The molecule has 0 radical (unpaired) electrons. The minimum absolute atomic E-state index is 0.000947. The molecule has 1 atom stereocenters. The van der Waals surface area contributed by atoms with Gasteiger partial charge in [0.15, 0.2) is 0 Å². The summed E-state index contributed by atoms with van der Waals surface area (Å²) < 4.78 is 0. The fraction of sp³-hybridized carbons (Fsp3) is 0.455. The van der Waals surface area contributed by atoms with Crippen LogP contribution in [0.4, 0.5) is 5.69 Å². The number of nitrogens with one attached hydrogen (secondary N) is 2. The molecule has 1 aromatic heterocycles. The fourth-order valence-electron chi connectivity index (χ4n) is 1.76. The van der Waals surface area contributed by atoms with E-state index in [1.165, 1.54) is 0 Å². The highest BCUT2D eigenvalue weighted by atomic mass is 35.5. The van der Waals surface area contributed by atoms with Gasteiger partial charge in [-0.15, -0.1) is 0 Å². The van der Waals surface area contributed by atoms with E-state index in [1.807, 2.05) is 13.0 Å². The summed E-state index contributed by atoms with van der Waals surface area (Å²) in [5.74, 6) is 0.000947. The molecule has 1 aromatic rings. The lowest BCUT2D eigenvalue weighted by atomic mass is 10.2. The molecule has 2 heterocycles. The summed E-state index contributed by atoms with van der Waals surface area (Å²) in [5.41, 5.74) is 1.56. The van der Waals surface area contributed by atoms with Gasteiger partial charge in [0.2, 0.25) is 5.91 Å². The Bertz CT molecular complexity index is 402. The van der Waals surface area contributed by atoms with Crippen molar-refractivity contribution in [2.75, 3.05) is 11.9 Å². The zero-order chi connectivity index (χ0) is 11.5. The number of nitrogens with zero attached hydrogens (tertiary/aromatic N) is 1. The van der Waals surface area contributed by atoms with E-state index in [0.717, 1.165) is 24.9 Å². The molecule has 1 aliphatic heterocycles. The number of halogens is 1. The average molecular weight is 240 g/mol. The Kier molecular flexibility index (Phi) is 3.41. The minimum atomic E-state index is -0.0732. The lowest BCUT2D eigenvalue weighted by molar-refractivity contribution is -0.117. The van der Waals surface area contributed by atoms with Crippen LogP contribution >= 0.6 is 11.6 Å². The predicted molar refractivity (Wildman–Crippen MR) is 63.6 cm³/mol. The summed E-state index contributed by atoms with van der Waals surface area (Å²) in [6.45, 7) is 2.77. The molecule has 16 heavy (non-hydrogen) atoms. The second-order valence-electron chi connectivity index (χ2n) is 3.97. The quantitative estimate of drug-likeness (QED) is 0.773. The van der Waals surface area contributed by atoms with Crippen molar-refractivity contribution < 1.29 is 4.79 Å². The van der Waals surface area contributed by atoms with Crippen molar-refractivity contribution in [2.24, 2.45) is 0 Å². The number of aromatic nitrogens is 1. The predicted octanol–water partition coefficient (Wildman–Crippen LogP) is 1.73. The van der Waals surface area contributed by atoms with E-state index in [4.69, 9.17) is 11.6 Å². The fourth-order valence-corrected chi connectivity index (χ4v) is 1.87. The molecule has 0 saturated carbocycles. The molecular weight excluding hydrogens is 226 g/mol. The van der Waals surface area contributed by atoms with Crippen LogP contribution in [0.3, 0.4) is 0 Å². The normalized spacial score (nSPS) is 19.8. The monoisotopic (exact) mass is 239 g/mol. The van der Waals surface area contributed by atoms with Gasteiger partial charge in [-0.05, 0) is 37.9 Å². The van der Waals surface area contributed by atoms with Gasteiger partial charge in [-0.1, -0.05) is 11.6 Å². The molecule has 1 saturated heterocycles. The van der Waals surface area contributed by atoms with Crippen LogP contribution in [0.25, 0.3) is 0 Å². The molecule has 86 valence electrons. The molecule has 0 spiro atoms. The van der Waals surface area contributed by atoms with Gasteiger partial charge in [0, 0.05) is 0 Å². The number of carbonyl (C=O) groups is 1. The van der Waals surface area contributed by atoms with Crippen LogP contribution in [-0.2, 0) is 4.79 Å². The molecule has 2 N–H and O–H groups in total. The number of aryl methyl sites for hydroxylation is 1. The maximum atomic E-state index is 11.8. The highest BCUT2D eigenvalue weighted by Crippen LogP contribution is 2.17. The summed E-state index contributed by atoms with van der Waals surface area (Å²) in [4.78, 5) is 15.8. The molecule has 0 aliphatic carbocycles. The van der Waals surface area contributed by atoms with E-state index < -0.39 is 0 Å². The van der Waals surface area contributed by atoms with Crippen molar-refractivity contribution in [2.45, 2.75) is 25.8 Å². The molecule has 1 amide bonds. The first-order valence-electron chi connectivity index (χ1n) is 5.33. The molecule has 1 unspecified atom stereocenters. The van der Waals surface area contributed by atoms with Gasteiger partial charge in [0.1, 0.15) is 5.15 Å². The highest BCUT2D eigenvalue weighted by molar-refractivity contribution is 6.30. The third kappa shape index (κ3) is 2.51. The first-order chi connectivity index (χ1) is 7.66. The van der Waals surface area contributed by atoms with E-state index in [1.54, 1.807) is 6.20 Å². The van der Waals surface area contributed by atoms with E-state index in [9.17, 15) is 4.79 Å². The van der Waals surface area contributed by atoms with Crippen molar-refractivity contribution in [3.05, 3.63) is 23.0 Å². The number of pyridine rings is 1. The van der Waals surface area contributed by atoms with Crippen LogP contribution in [0.1, 0.15) is 18.4 Å². The number of amides is 1. The van der Waals surface area contributed by atoms with Crippen LogP contribution in [-0.4, -0.2) is 23.5 Å². The lowest BCUT2D eigenvalue weighted by Crippen LogP contribution is -2.35. The summed E-state index contributed by atoms with van der Waals surface area (Å²) in [6.07, 6.45) is 3.52. The maximum Gasteiger partial charge on any atom is 0.241 e. The number of carbonyl (C=O) groups excluding carboxylic acids is 1. The van der Waals surface area contributed by atoms with Gasteiger partial charge in [-0.25, -0.2) is 4.98 Å². The van der Waals surface area contributed by atoms with Gasteiger partial charge in [0.05, 0.1) is 17.9 Å². The third-order valence-corrected chi connectivity index (χ3v) is 3.05. The van der Waals surface area contributed by atoms with E-state index in [0.29, 0.717) is 10.8 Å². The molecular formula is C11H14ClN3O. The first-order valence-corrected chi connectivity index (χ1v) is 5.71. The summed E-state index contributed by atoms with van der Waals surface area (Å²) in [5, 5.41) is 6.44. The SMILES string of the molecule is Cc1cc(NC(=O)C2CCCN2)cnc1Cl. The van der Waals surface area contributed by atoms with Crippen molar-refractivity contribution in [1.82, 2.24) is 10.3 Å². The van der Waals surface area contributed by atoms with E-state index >= 15 is 0 Å². The Morgan fingerprint density at radius 2 is 2.50 bits per heavy atom. The van der Waals surface area contributed by atoms with Gasteiger partial charge < -0.3 is 10.6 Å². The van der Waals surface area contributed by atoms with Gasteiger partial charge in [-0.2, -0.15) is 0 Å². The lowest BCUT2D eigenvalue weighted by Gasteiger charge is -2.11. The summed E-state index contributed by atoms with van der Waals surface area (Å²) in [6, 6.07) is 1.75. The molecule has 1 aliphatic rings. The maximum absolute atomic E-state index is 11.8. The van der Waals surface area contributed by atoms with Crippen molar-refractivity contribution in [3.63, 3.8) is 0 Å². The van der Waals surface area contributed by atoms with Crippen molar-refractivity contribution in [1.29, 1.82) is 0 Å². The molecule has 1 fully saturated rings. The Balaban J connectivity index is 2.02. The van der Waals surface area contributed by atoms with Crippen LogP contribution in [0.5, 0.6) is 0 Å². The summed E-state index contributed by atoms with van der Waals surface area (Å²) >= 11 is 5.81. The topological polar surface area (TPSA) is 54.0 Å². The average Bonchev–Trinajstić information content (AvgIpc) is 2.77. The Labute approximate surface area is 99.4 Å². The van der Waals surface area contributed by atoms with Crippen LogP contribution in [0.15, 0.2) is 12.3 Å². The number of hydrogen-bond acceptors (Lipinski definition) is 3.